The molecule has 26 heavy (non-hydrogen) atoms. The first kappa shape index (κ1) is 19.7. The lowest BCUT2D eigenvalue weighted by molar-refractivity contribution is 0.0376. The predicted molar refractivity (Wildman–Crippen MR) is 98.3 cm³/mol. The fourth-order valence-corrected chi connectivity index (χ4v) is 3.17. The zero-order valence-electron chi connectivity index (χ0n) is 15.3. The zero-order valence-corrected chi connectivity index (χ0v) is 16.2. The van der Waals surface area contributed by atoms with Crippen molar-refractivity contribution in [3.63, 3.8) is 0 Å². The molecule has 0 aliphatic heterocycles. The van der Waals surface area contributed by atoms with E-state index in [0.29, 0.717) is 22.5 Å². The van der Waals surface area contributed by atoms with Crippen LogP contribution < -0.4 is 5.32 Å². The van der Waals surface area contributed by atoms with Crippen LogP contribution in [0.25, 0.3) is 0 Å². The van der Waals surface area contributed by atoms with Gasteiger partial charge >= 0.3 is 5.97 Å². The van der Waals surface area contributed by atoms with Gasteiger partial charge in [-0.05, 0) is 57.5 Å². The van der Waals surface area contributed by atoms with Crippen molar-refractivity contribution in [2.45, 2.75) is 38.7 Å². The second kappa shape index (κ2) is 7.33. The summed E-state index contributed by atoms with van der Waals surface area (Å²) in [4.78, 5) is 27.8. The number of sulfone groups is 1. The molecule has 1 amide bonds. The number of aryl methyl sites for hydroxylation is 1. The van der Waals surface area contributed by atoms with Crippen LogP contribution in [0.15, 0.2) is 29.2 Å². The van der Waals surface area contributed by atoms with Crippen molar-refractivity contribution in [3.8, 4) is 0 Å². The minimum absolute atomic E-state index is 0.168. The van der Waals surface area contributed by atoms with E-state index in [9.17, 15) is 18.0 Å². The van der Waals surface area contributed by atoms with Gasteiger partial charge in [0.25, 0.3) is 5.91 Å². The number of anilines is 1. The largest absolute Gasteiger partial charge is 0.459 e. The third-order valence-corrected chi connectivity index (χ3v) is 4.88. The third kappa shape index (κ3) is 4.32. The Morgan fingerprint density at radius 3 is 2.19 bits per heavy atom. The Kier molecular flexibility index (Phi) is 5.56. The standard InChI is InChI=1S/C18H22N2O5S/c1-10(2)25-18(22)15-11(3)16(19-12(15)4)17(21)20-13-6-8-14(9-7-13)26(5,23)24/h6-10,19H,1-5H3,(H,20,21). The molecule has 0 saturated heterocycles. The van der Waals surface area contributed by atoms with Crippen LogP contribution in [0.4, 0.5) is 5.69 Å². The molecule has 0 aliphatic rings. The molecule has 140 valence electrons. The maximum Gasteiger partial charge on any atom is 0.340 e. The van der Waals surface area contributed by atoms with Crippen molar-refractivity contribution in [2.75, 3.05) is 11.6 Å². The minimum Gasteiger partial charge on any atom is -0.459 e. The second-order valence-corrected chi connectivity index (χ2v) is 8.35. The van der Waals surface area contributed by atoms with Gasteiger partial charge in [-0.25, -0.2) is 13.2 Å². The molecule has 2 rings (SSSR count). The van der Waals surface area contributed by atoms with Crippen LogP contribution in [-0.2, 0) is 14.6 Å². The molecule has 0 atom stereocenters. The highest BCUT2D eigenvalue weighted by atomic mass is 32.2. The lowest BCUT2D eigenvalue weighted by atomic mass is 10.1. The summed E-state index contributed by atoms with van der Waals surface area (Å²) in [5, 5.41) is 2.68. The maximum absolute atomic E-state index is 12.5. The molecular formula is C18H22N2O5S. The molecule has 2 N–H and O–H groups in total. The van der Waals surface area contributed by atoms with Crippen molar-refractivity contribution in [1.29, 1.82) is 0 Å². The van der Waals surface area contributed by atoms with Crippen molar-refractivity contribution in [1.82, 2.24) is 4.98 Å². The van der Waals surface area contributed by atoms with Crippen molar-refractivity contribution >= 4 is 27.4 Å². The molecule has 1 aromatic heterocycles. The van der Waals surface area contributed by atoms with Crippen LogP contribution in [-0.4, -0.2) is 37.6 Å². The average molecular weight is 378 g/mol. The number of H-pyrrole nitrogens is 1. The number of hydrogen-bond acceptors (Lipinski definition) is 5. The summed E-state index contributed by atoms with van der Waals surface area (Å²) in [5.74, 6) is -0.913. The Balaban J connectivity index is 2.24. The summed E-state index contributed by atoms with van der Waals surface area (Å²) in [5.41, 5.74) is 2.09. The number of aromatic nitrogens is 1. The van der Waals surface area contributed by atoms with Gasteiger partial charge in [0.2, 0.25) is 0 Å². The topological polar surface area (TPSA) is 105 Å². The first-order valence-corrected chi connectivity index (χ1v) is 9.91. The number of esters is 1. The second-order valence-electron chi connectivity index (χ2n) is 6.33. The number of ether oxygens (including phenoxy) is 1. The first-order valence-electron chi connectivity index (χ1n) is 8.02. The van der Waals surface area contributed by atoms with Crippen molar-refractivity contribution in [3.05, 3.63) is 46.8 Å². The van der Waals surface area contributed by atoms with E-state index in [1.54, 1.807) is 27.7 Å². The molecule has 0 bridgehead atoms. The average Bonchev–Trinajstić information content (AvgIpc) is 2.81. The lowest BCUT2D eigenvalue weighted by Crippen LogP contribution is -2.15. The van der Waals surface area contributed by atoms with E-state index in [1.807, 2.05) is 0 Å². The fourth-order valence-electron chi connectivity index (χ4n) is 2.54. The van der Waals surface area contributed by atoms with E-state index in [4.69, 9.17) is 4.74 Å². The van der Waals surface area contributed by atoms with Crippen LogP contribution in [0.2, 0.25) is 0 Å². The fraction of sp³-hybridized carbons (Fsp3) is 0.333. The number of nitrogens with one attached hydrogen (secondary N) is 2. The van der Waals surface area contributed by atoms with Gasteiger partial charge in [-0.1, -0.05) is 0 Å². The summed E-state index contributed by atoms with van der Waals surface area (Å²) in [7, 11) is -3.30. The normalized spacial score (nSPS) is 11.5. The SMILES string of the molecule is Cc1[nH]c(C(=O)Nc2ccc(S(C)(=O)=O)cc2)c(C)c1C(=O)OC(C)C. The van der Waals surface area contributed by atoms with Crippen LogP contribution in [0.3, 0.4) is 0 Å². The van der Waals surface area contributed by atoms with Gasteiger partial charge < -0.3 is 15.0 Å². The minimum atomic E-state index is -3.30. The summed E-state index contributed by atoms with van der Waals surface area (Å²) in [6.07, 6.45) is 0.852. The van der Waals surface area contributed by atoms with E-state index < -0.39 is 21.7 Å². The van der Waals surface area contributed by atoms with E-state index >= 15 is 0 Å². The Labute approximate surface area is 152 Å². The molecule has 0 unspecified atom stereocenters. The quantitative estimate of drug-likeness (QED) is 0.778. The van der Waals surface area contributed by atoms with Crippen LogP contribution in [0.5, 0.6) is 0 Å². The molecule has 2 aromatic rings. The number of hydrogen-bond donors (Lipinski definition) is 2. The Morgan fingerprint density at radius 1 is 1.12 bits per heavy atom. The number of rotatable bonds is 5. The molecule has 0 fully saturated rings. The highest BCUT2D eigenvalue weighted by molar-refractivity contribution is 7.90. The highest BCUT2D eigenvalue weighted by Crippen LogP contribution is 2.21. The Bertz CT molecular complexity index is 941. The Morgan fingerprint density at radius 2 is 1.69 bits per heavy atom. The summed E-state index contributed by atoms with van der Waals surface area (Å²) in [6.45, 7) is 6.87. The smallest absolute Gasteiger partial charge is 0.340 e. The van der Waals surface area contributed by atoms with Gasteiger partial charge in [-0.3, -0.25) is 4.79 Å². The monoisotopic (exact) mass is 378 g/mol. The van der Waals surface area contributed by atoms with E-state index in [-0.39, 0.29) is 16.7 Å². The molecule has 0 saturated carbocycles. The van der Waals surface area contributed by atoms with Crippen LogP contribution >= 0.6 is 0 Å². The zero-order chi connectivity index (χ0) is 19.6. The first-order chi connectivity index (χ1) is 12.0. The number of aromatic amines is 1. The number of benzene rings is 1. The summed E-state index contributed by atoms with van der Waals surface area (Å²) in [6, 6.07) is 5.85. The number of amides is 1. The molecule has 0 radical (unpaired) electrons. The lowest BCUT2D eigenvalue weighted by Gasteiger charge is -2.08. The van der Waals surface area contributed by atoms with Crippen molar-refractivity contribution < 1.29 is 22.7 Å². The predicted octanol–water partition coefficient (Wildman–Crippen LogP) is 2.85. The van der Waals surface area contributed by atoms with Gasteiger partial charge in [0, 0.05) is 17.6 Å². The molecule has 7 nitrogen and oxygen atoms in total. The summed E-state index contributed by atoms with van der Waals surface area (Å²) < 4.78 is 28.2. The molecular weight excluding hydrogens is 356 g/mol. The van der Waals surface area contributed by atoms with E-state index in [2.05, 4.69) is 10.3 Å². The van der Waals surface area contributed by atoms with Crippen LogP contribution in [0, 0.1) is 13.8 Å². The van der Waals surface area contributed by atoms with Crippen molar-refractivity contribution in [2.24, 2.45) is 0 Å². The van der Waals surface area contributed by atoms with Gasteiger partial charge in [0.1, 0.15) is 5.69 Å². The maximum atomic E-state index is 12.5. The molecule has 0 aliphatic carbocycles. The summed E-state index contributed by atoms with van der Waals surface area (Å²) >= 11 is 0. The van der Waals surface area contributed by atoms with E-state index in [0.717, 1.165) is 6.26 Å². The molecule has 1 aromatic carbocycles. The Hall–Kier alpha value is -2.61. The molecule has 1 heterocycles. The third-order valence-electron chi connectivity index (χ3n) is 3.75. The number of carbonyl (C=O) groups is 2. The van der Waals surface area contributed by atoms with E-state index in [1.165, 1.54) is 24.3 Å². The van der Waals surface area contributed by atoms with Gasteiger partial charge in [0.05, 0.1) is 16.6 Å². The molecule has 8 heteroatoms. The van der Waals surface area contributed by atoms with Crippen LogP contribution in [0.1, 0.15) is 46.0 Å². The van der Waals surface area contributed by atoms with Gasteiger partial charge in [-0.2, -0.15) is 0 Å². The van der Waals surface area contributed by atoms with Gasteiger partial charge in [0.15, 0.2) is 9.84 Å². The molecule has 0 spiro atoms. The van der Waals surface area contributed by atoms with Gasteiger partial charge in [-0.15, -0.1) is 0 Å². The number of carbonyl (C=O) groups excluding carboxylic acids is 2. The highest BCUT2D eigenvalue weighted by Gasteiger charge is 2.23.